The summed E-state index contributed by atoms with van der Waals surface area (Å²) in [7, 11) is 0. The first-order chi connectivity index (χ1) is 5.75. The van der Waals surface area contributed by atoms with Crippen LogP contribution in [0.25, 0.3) is 0 Å². The first-order valence-corrected chi connectivity index (χ1v) is 3.49. The SMILES string of the molecule is O=C(O)C(CO)c1cccnc1. The maximum absolute atomic E-state index is 10.5. The molecule has 0 aliphatic rings. The van der Waals surface area contributed by atoms with E-state index in [9.17, 15) is 4.79 Å². The fourth-order valence-electron chi connectivity index (χ4n) is 0.908. The minimum atomic E-state index is -1.04. The molecule has 0 aliphatic carbocycles. The van der Waals surface area contributed by atoms with Gasteiger partial charge in [-0.3, -0.25) is 9.78 Å². The van der Waals surface area contributed by atoms with Gasteiger partial charge in [-0.2, -0.15) is 0 Å². The lowest BCUT2D eigenvalue weighted by Gasteiger charge is -2.07. The van der Waals surface area contributed by atoms with Crippen LogP contribution in [0.4, 0.5) is 0 Å². The molecule has 1 atom stereocenters. The summed E-state index contributed by atoms with van der Waals surface area (Å²) in [6.45, 7) is -0.402. The zero-order valence-corrected chi connectivity index (χ0v) is 6.34. The number of carboxylic acid groups (broad SMARTS) is 1. The Morgan fingerprint density at radius 1 is 1.67 bits per heavy atom. The van der Waals surface area contributed by atoms with Gasteiger partial charge in [-0.15, -0.1) is 0 Å². The Kier molecular flexibility index (Phi) is 2.76. The third-order valence-corrected chi connectivity index (χ3v) is 1.57. The van der Waals surface area contributed by atoms with E-state index < -0.39 is 18.5 Å². The zero-order chi connectivity index (χ0) is 8.97. The Morgan fingerprint density at radius 2 is 2.42 bits per heavy atom. The van der Waals surface area contributed by atoms with Crippen molar-refractivity contribution in [2.45, 2.75) is 5.92 Å². The number of hydrogen-bond acceptors (Lipinski definition) is 3. The molecule has 1 unspecified atom stereocenters. The summed E-state index contributed by atoms with van der Waals surface area (Å²) in [5.74, 6) is -1.90. The summed E-state index contributed by atoms with van der Waals surface area (Å²) < 4.78 is 0. The lowest BCUT2D eigenvalue weighted by Crippen LogP contribution is -2.15. The number of aliphatic hydroxyl groups is 1. The van der Waals surface area contributed by atoms with Crippen LogP contribution >= 0.6 is 0 Å². The Labute approximate surface area is 69.5 Å². The van der Waals surface area contributed by atoms with Crippen molar-refractivity contribution in [3.63, 3.8) is 0 Å². The molecule has 0 fully saturated rings. The summed E-state index contributed by atoms with van der Waals surface area (Å²) in [6, 6.07) is 3.27. The van der Waals surface area contributed by atoms with Gasteiger partial charge in [-0.1, -0.05) is 6.07 Å². The van der Waals surface area contributed by atoms with Crippen molar-refractivity contribution in [3.05, 3.63) is 30.1 Å². The Balaban J connectivity index is 2.88. The number of carboxylic acids is 1. The summed E-state index contributed by atoms with van der Waals surface area (Å²) >= 11 is 0. The van der Waals surface area contributed by atoms with Gasteiger partial charge in [0.2, 0.25) is 0 Å². The van der Waals surface area contributed by atoms with Crippen LogP contribution < -0.4 is 0 Å². The number of nitrogens with zero attached hydrogens (tertiary/aromatic N) is 1. The van der Waals surface area contributed by atoms with Gasteiger partial charge >= 0.3 is 5.97 Å². The van der Waals surface area contributed by atoms with Gasteiger partial charge in [-0.05, 0) is 11.6 Å². The van der Waals surface area contributed by atoms with Gasteiger partial charge in [0.05, 0.1) is 6.61 Å². The van der Waals surface area contributed by atoms with Gasteiger partial charge in [0.1, 0.15) is 5.92 Å². The summed E-state index contributed by atoms with van der Waals surface area (Å²) in [4.78, 5) is 14.3. The molecule has 1 aromatic rings. The van der Waals surface area contributed by atoms with E-state index in [1.54, 1.807) is 18.3 Å². The van der Waals surface area contributed by atoms with E-state index in [4.69, 9.17) is 10.2 Å². The van der Waals surface area contributed by atoms with Crippen LogP contribution in [0.2, 0.25) is 0 Å². The first kappa shape index (κ1) is 8.67. The van der Waals surface area contributed by atoms with Gasteiger partial charge in [0, 0.05) is 12.4 Å². The number of aliphatic hydroxyl groups excluding tert-OH is 1. The summed E-state index contributed by atoms with van der Waals surface area (Å²) in [6.07, 6.45) is 2.99. The average Bonchev–Trinajstić information content (AvgIpc) is 2.07. The highest BCUT2D eigenvalue weighted by Crippen LogP contribution is 2.12. The lowest BCUT2D eigenvalue weighted by atomic mass is 10.0. The standard InChI is InChI=1S/C8H9NO3/c10-5-7(8(11)12)6-2-1-3-9-4-6/h1-4,7,10H,5H2,(H,11,12). The molecule has 1 rings (SSSR count). The van der Waals surface area contributed by atoms with Crippen LogP contribution in [0.1, 0.15) is 11.5 Å². The molecule has 0 aromatic carbocycles. The topological polar surface area (TPSA) is 70.4 Å². The number of aromatic nitrogens is 1. The molecule has 4 nitrogen and oxygen atoms in total. The van der Waals surface area contributed by atoms with E-state index in [-0.39, 0.29) is 0 Å². The molecule has 0 saturated heterocycles. The van der Waals surface area contributed by atoms with Crippen molar-refractivity contribution in [2.24, 2.45) is 0 Å². The lowest BCUT2D eigenvalue weighted by molar-refractivity contribution is -0.139. The van der Waals surface area contributed by atoms with Crippen molar-refractivity contribution >= 4 is 5.97 Å². The number of aliphatic carboxylic acids is 1. The van der Waals surface area contributed by atoms with E-state index in [2.05, 4.69) is 4.98 Å². The van der Waals surface area contributed by atoms with Crippen molar-refractivity contribution < 1.29 is 15.0 Å². The van der Waals surface area contributed by atoms with Crippen molar-refractivity contribution in [3.8, 4) is 0 Å². The molecule has 2 N–H and O–H groups in total. The fourth-order valence-corrected chi connectivity index (χ4v) is 0.908. The molecular weight excluding hydrogens is 158 g/mol. The van der Waals surface area contributed by atoms with Crippen LogP contribution in [0.15, 0.2) is 24.5 Å². The normalized spacial score (nSPS) is 12.4. The molecule has 0 spiro atoms. The maximum atomic E-state index is 10.5. The van der Waals surface area contributed by atoms with Crippen LogP contribution in [0.5, 0.6) is 0 Å². The fraction of sp³-hybridized carbons (Fsp3) is 0.250. The molecular formula is C8H9NO3. The molecule has 0 radical (unpaired) electrons. The second kappa shape index (κ2) is 3.82. The predicted octanol–water partition coefficient (Wildman–Crippen LogP) is 0.242. The van der Waals surface area contributed by atoms with E-state index in [0.29, 0.717) is 5.56 Å². The number of rotatable bonds is 3. The van der Waals surface area contributed by atoms with Crippen molar-refractivity contribution in [1.82, 2.24) is 4.98 Å². The monoisotopic (exact) mass is 167 g/mol. The predicted molar refractivity (Wildman–Crippen MR) is 41.7 cm³/mol. The third kappa shape index (κ3) is 1.79. The van der Waals surface area contributed by atoms with Crippen LogP contribution in [-0.2, 0) is 4.79 Å². The molecule has 1 heterocycles. The quantitative estimate of drug-likeness (QED) is 0.676. The molecule has 0 aliphatic heterocycles. The van der Waals surface area contributed by atoms with E-state index in [1.165, 1.54) is 6.20 Å². The number of pyridine rings is 1. The molecule has 1 aromatic heterocycles. The Hall–Kier alpha value is -1.42. The molecule has 12 heavy (non-hydrogen) atoms. The Morgan fingerprint density at radius 3 is 2.83 bits per heavy atom. The van der Waals surface area contributed by atoms with Gasteiger partial charge in [-0.25, -0.2) is 0 Å². The molecule has 4 heteroatoms. The highest BCUT2D eigenvalue weighted by molar-refractivity contribution is 5.76. The maximum Gasteiger partial charge on any atom is 0.313 e. The van der Waals surface area contributed by atoms with Gasteiger partial charge < -0.3 is 10.2 Å². The number of carbonyl (C=O) groups is 1. The Bertz CT molecular complexity index is 260. The summed E-state index contributed by atoms with van der Waals surface area (Å²) in [5, 5.41) is 17.4. The molecule has 0 amide bonds. The van der Waals surface area contributed by atoms with Crippen molar-refractivity contribution in [1.29, 1.82) is 0 Å². The molecule has 64 valence electrons. The smallest absolute Gasteiger partial charge is 0.313 e. The zero-order valence-electron chi connectivity index (χ0n) is 6.34. The van der Waals surface area contributed by atoms with Gasteiger partial charge in [0.25, 0.3) is 0 Å². The van der Waals surface area contributed by atoms with E-state index in [1.807, 2.05) is 0 Å². The second-order valence-corrected chi connectivity index (χ2v) is 2.36. The first-order valence-electron chi connectivity index (χ1n) is 3.49. The molecule has 0 saturated carbocycles. The average molecular weight is 167 g/mol. The van der Waals surface area contributed by atoms with E-state index >= 15 is 0 Å². The van der Waals surface area contributed by atoms with Crippen LogP contribution in [0, 0.1) is 0 Å². The summed E-state index contributed by atoms with van der Waals surface area (Å²) in [5.41, 5.74) is 0.521. The van der Waals surface area contributed by atoms with Crippen LogP contribution in [0.3, 0.4) is 0 Å². The number of hydrogen-bond donors (Lipinski definition) is 2. The minimum absolute atomic E-state index is 0.402. The second-order valence-electron chi connectivity index (χ2n) is 2.36. The molecule has 0 bridgehead atoms. The third-order valence-electron chi connectivity index (χ3n) is 1.57. The van der Waals surface area contributed by atoms with Crippen molar-refractivity contribution in [2.75, 3.05) is 6.61 Å². The van der Waals surface area contributed by atoms with Gasteiger partial charge in [0.15, 0.2) is 0 Å². The van der Waals surface area contributed by atoms with Crippen LogP contribution in [-0.4, -0.2) is 27.8 Å². The minimum Gasteiger partial charge on any atom is -0.481 e. The highest BCUT2D eigenvalue weighted by Gasteiger charge is 2.17. The highest BCUT2D eigenvalue weighted by atomic mass is 16.4. The van der Waals surface area contributed by atoms with E-state index in [0.717, 1.165) is 0 Å². The largest absolute Gasteiger partial charge is 0.481 e.